The highest BCUT2D eigenvalue weighted by Gasteiger charge is 2.50. The van der Waals surface area contributed by atoms with Crippen LogP contribution in [0, 0.1) is 41.5 Å². The lowest BCUT2D eigenvalue weighted by Gasteiger charge is -2.41. The molecule has 2 aromatic heterocycles. The van der Waals surface area contributed by atoms with Gasteiger partial charge < -0.3 is 18.6 Å². The Morgan fingerprint density at radius 2 is 0.712 bits per heavy atom. The Morgan fingerprint density at radius 3 is 1.14 bits per heavy atom. The van der Waals surface area contributed by atoms with Crippen LogP contribution in [0.3, 0.4) is 0 Å². The van der Waals surface area contributed by atoms with Crippen molar-refractivity contribution in [2.75, 3.05) is 0 Å². The van der Waals surface area contributed by atoms with Gasteiger partial charge in [-0.3, -0.25) is 0 Å². The quantitative estimate of drug-likeness (QED) is 0.162. The van der Waals surface area contributed by atoms with Gasteiger partial charge in [-0.25, -0.2) is 0 Å². The third-order valence-electron chi connectivity index (χ3n) is 15.3. The van der Waals surface area contributed by atoms with Crippen LogP contribution in [0.25, 0.3) is 77.2 Å². The summed E-state index contributed by atoms with van der Waals surface area (Å²) in [6.45, 7) is 13.0. The van der Waals surface area contributed by atoms with E-state index in [1.807, 2.05) is 0 Å². The van der Waals surface area contributed by atoms with Crippen molar-refractivity contribution in [2.24, 2.45) is 0 Å². The number of aryl methyl sites for hydroxylation is 6. The molecule has 0 saturated carbocycles. The summed E-state index contributed by atoms with van der Waals surface area (Å²) in [6.07, 6.45) is 0. The molecule has 6 heterocycles. The fourth-order valence-electron chi connectivity index (χ4n) is 12.5. The van der Waals surface area contributed by atoms with Crippen molar-refractivity contribution in [3.63, 3.8) is 0 Å². The molecule has 0 amide bonds. The molecule has 4 nitrogen and oxygen atoms in total. The van der Waals surface area contributed by atoms with E-state index in [1.54, 1.807) is 0 Å². The molecule has 310 valence electrons. The molecule has 4 aliphatic rings. The lowest BCUT2D eigenvalue weighted by atomic mass is 9.31. The Morgan fingerprint density at radius 1 is 0.333 bits per heavy atom. The lowest BCUT2D eigenvalue weighted by Crippen LogP contribution is -2.63. The van der Waals surface area contributed by atoms with E-state index in [9.17, 15) is 0 Å². The van der Waals surface area contributed by atoms with E-state index < -0.39 is 0 Å². The number of hydrogen-bond acceptors (Lipinski definition) is 2. The first kappa shape index (κ1) is 36.6. The maximum Gasteiger partial charge on any atom is 0.256 e. The van der Waals surface area contributed by atoms with Crippen LogP contribution in [-0.4, -0.2) is 22.6 Å². The van der Waals surface area contributed by atoms with Gasteiger partial charge >= 0.3 is 0 Å². The highest BCUT2D eigenvalue weighted by molar-refractivity contribution is 7.02. The van der Waals surface area contributed by atoms with Crippen molar-refractivity contribution < 1.29 is 9.47 Å². The van der Waals surface area contributed by atoms with Crippen molar-refractivity contribution >= 4 is 89.8 Å². The largest absolute Gasteiger partial charge is 0.456 e. The van der Waals surface area contributed by atoms with Gasteiger partial charge in [-0.15, -0.1) is 0 Å². The minimum atomic E-state index is -0.127. The number of rotatable bonds is 2. The number of aromatic nitrogens is 2. The summed E-state index contributed by atoms with van der Waals surface area (Å²) in [4.78, 5) is 0. The maximum absolute atomic E-state index is 7.67. The summed E-state index contributed by atoms with van der Waals surface area (Å²) in [5.41, 5.74) is 26.5. The van der Waals surface area contributed by atoms with E-state index >= 15 is 0 Å². The molecule has 0 N–H and O–H groups in total. The Labute approximate surface area is 383 Å². The van der Waals surface area contributed by atoms with Crippen LogP contribution in [0.1, 0.15) is 33.4 Å². The SMILES string of the molecule is Cc1ccc(-c2ccc3c(c2)B2c4c(c5c6c(c4-n4c7ccc(C)cc7c7cc(C)cc2c74)Oc2ccc(-c4ccc(C)cc4)cc2B6c2cc(C)cc4c6cc(C)ccc6n-5c24)O3)cc1. The van der Waals surface area contributed by atoms with Gasteiger partial charge in [0.1, 0.15) is 23.0 Å². The fourth-order valence-corrected chi connectivity index (χ4v) is 12.5. The molecule has 0 aliphatic carbocycles. The van der Waals surface area contributed by atoms with Crippen molar-refractivity contribution in [3.8, 4) is 56.6 Å². The third kappa shape index (κ3) is 4.66. The first-order valence-corrected chi connectivity index (χ1v) is 23.3. The molecule has 0 atom stereocenters. The number of fused-ring (bicyclic) bond motifs is 16. The van der Waals surface area contributed by atoms with Crippen LogP contribution in [0.4, 0.5) is 0 Å². The van der Waals surface area contributed by atoms with Crippen molar-refractivity contribution in [3.05, 3.63) is 179 Å². The van der Waals surface area contributed by atoms with Gasteiger partial charge in [-0.05, 0) is 134 Å². The first-order valence-electron chi connectivity index (χ1n) is 23.3. The highest BCUT2D eigenvalue weighted by Crippen LogP contribution is 2.49. The van der Waals surface area contributed by atoms with E-state index in [-0.39, 0.29) is 13.4 Å². The monoisotopic (exact) mass is 844 g/mol. The maximum atomic E-state index is 7.67. The van der Waals surface area contributed by atoms with Crippen molar-refractivity contribution in [1.29, 1.82) is 0 Å². The van der Waals surface area contributed by atoms with E-state index in [4.69, 9.17) is 9.47 Å². The second-order valence-electron chi connectivity index (χ2n) is 19.7. The molecule has 0 radical (unpaired) electrons. The normalized spacial score (nSPS) is 13.5. The van der Waals surface area contributed by atoms with Gasteiger partial charge in [0.15, 0.2) is 0 Å². The number of benzene rings is 9. The summed E-state index contributed by atoms with van der Waals surface area (Å²) in [7, 11) is 0. The molecule has 6 heteroatoms. The summed E-state index contributed by atoms with van der Waals surface area (Å²) < 4.78 is 20.4. The second kappa shape index (κ2) is 12.6. The number of nitrogens with zero attached hydrogens (tertiary/aromatic N) is 2. The Balaban J connectivity index is 1.14. The van der Waals surface area contributed by atoms with Crippen LogP contribution in [0.5, 0.6) is 23.0 Å². The average molecular weight is 845 g/mol. The molecule has 9 aromatic carbocycles. The molecular formula is C60H42B2N2O2. The molecule has 0 unspecified atom stereocenters. The summed E-state index contributed by atoms with van der Waals surface area (Å²) in [5, 5.41) is 5.06. The van der Waals surface area contributed by atoms with Gasteiger partial charge in [0.2, 0.25) is 0 Å². The van der Waals surface area contributed by atoms with E-state index in [1.165, 1.54) is 121 Å². The van der Waals surface area contributed by atoms with Crippen LogP contribution >= 0.6 is 0 Å². The summed E-state index contributed by atoms with van der Waals surface area (Å²) >= 11 is 0. The smallest absolute Gasteiger partial charge is 0.256 e. The second-order valence-corrected chi connectivity index (χ2v) is 19.7. The van der Waals surface area contributed by atoms with Crippen LogP contribution < -0.4 is 42.3 Å². The molecule has 4 aliphatic heterocycles. The van der Waals surface area contributed by atoms with Crippen LogP contribution in [-0.2, 0) is 0 Å². The van der Waals surface area contributed by atoms with Crippen LogP contribution in [0.2, 0.25) is 0 Å². The van der Waals surface area contributed by atoms with Gasteiger partial charge in [-0.2, -0.15) is 0 Å². The van der Waals surface area contributed by atoms with Gasteiger partial charge in [-0.1, -0.05) is 130 Å². The summed E-state index contributed by atoms with van der Waals surface area (Å²) in [5.74, 6) is 3.62. The molecule has 11 aromatic rings. The first-order chi connectivity index (χ1) is 32.2. The Kier molecular flexibility index (Phi) is 6.97. The Hall–Kier alpha value is -7.69. The molecule has 15 rings (SSSR count). The van der Waals surface area contributed by atoms with Crippen LogP contribution in [0.15, 0.2) is 146 Å². The lowest BCUT2D eigenvalue weighted by molar-refractivity contribution is 0.472. The Bertz CT molecular complexity index is 3800. The number of hydrogen-bond donors (Lipinski definition) is 0. The predicted molar refractivity (Wildman–Crippen MR) is 277 cm³/mol. The molecular weight excluding hydrogens is 802 g/mol. The molecule has 0 saturated heterocycles. The zero-order valence-corrected chi connectivity index (χ0v) is 37.7. The molecule has 0 bridgehead atoms. The van der Waals surface area contributed by atoms with E-state index in [0.717, 1.165) is 45.3 Å². The predicted octanol–water partition coefficient (Wildman–Crippen LogP) is 10.9. The zero-order valence-electron chi connectivity index (χ0n) is 37.7. The molecule has 66 heavy (non-hydrogen) atoms. The van der Waals surface area contributed by atoms with E-state index in [2.05, 4.69) is 196 Å². The minimum absolute atomic E-state index is 0.127. The van der Waals surface area contributed by atoms with Gasteiger partial charge in [0.05, 0.1) is 22.4 Å². The topological polar surface area (TPSA) is 28.3 Å². The summed E-state index contributed by atoms with van der Waals surface area (Å²) in [6, 6.07) is 55.1. The average Bonchev–Trinajstić information content (AvgIpc) is 3.80. The third-order valence-corrected chi connectivity index (χ3v) is 15.3. The standard InChI is InChI=1S/C60H42B2N2O2/c1-31-7-13-37(14-8-31)39-17-21-51-45(29-39)61-47-27-35(5)25-43-41-23-33(3)11-19-49(41)63(55(43)47)57-53(61)59(65-51)58-54-60(57)66-52-22-18-40(38-15-9-32(2)10-16-38)30-46(52)62(54)48-28-36(6)26-44-42-24-34(4)12-20-50(42)64(58)56(44)48/h7-30H,1-6H3. The van der Waals surface area contributed by atoms with Gasteiger partial charge in [0.25, 0.3) is 13.4 Å². The minimum Gasteiger partial charge on any atom is -0.456 e. The fraction of sp³-hybridized carbons (Fsp3) is 0.100. The molecule has 0 spiro atoms. The highest BCUT2D eigenvalue weighted by atomic mass is 16.5. The zero-order chi connectivity index (χ0) is 44.0. The van der Waals surface area contributed by atoms with Crippen molar-refractivity contribution in [2.45, 2.75) is 41.5 Å². The van der Waals surface area contributed by atoms with E-state index in [0.29, 0.717) is 0 Å². The van der Waals surface area contributed by atoms with Gasteiger partial charge in [0, 0.05) is 43.5 Å². The number of ether oxygens (including phenoxy) is 2. The van der Waals surface area contributed by atoms with Crippen molar-refractivity contribution in [1.82, 2.24) is 9.13 Å². The molecule has 0 fully saturated rings.